The van der Waals surface area contributed by atoms with Crippen LogP contribution in [0.2, 0.25) is 0 Å². The van der Waals surface area contributed by atoms with Crippen LogP contribution in [-0.2, 0) is 14.8 Å². The highest BCUT2D eigenvalue weighted by atomic mass is 32.2. The van der Waals surface area contributed by atoms with Crippen molar-refractivity contribution < 1.29 is 22.0 Å². The third-order valence-corrected chi connectivity index (χ3v) is 8.28. The molecule has 1 aliphatic heterocycles. The highest BCUT2D eigenvalue weighted by molar-refractivity contribution is 7.89. The Labute approximate surface area is 165 Å². The lowest BCUT2D eigenvalue weighted by Crippen LogP contribution is -2.48. The van der Waals surface area contributed by atoms with Crippen LogP contribution in [0.25, 0.3) is 0 Å². The number of hydrogen-bond donors (Lipinski definition) is 1. The summed E-state index contributed by atoms with van der Waals surface area (Å²) in [5.41, 5.74) is 0. The van der Waals surface area contributed by atoms with E-state index >= 15 is 0 Å². The van der Waals surface area contributed by atoms with Crippen LogP contribution >= 0.6 is 0 Å². The predicted octanol–water partition coefficient (Wildman–Crippen LogP) is 3.31. The van der Waals surface area contributed by atoms with Gasteiger partial charge in [0.25, 0.3) is 0 Å². The average molecular weight is 415 g/mol. The van der Waals surface area contributed by atoms with Crippen molar-refractivity contribution in [3.05, 3.63) is 29.8 Å². The van der Waals surface area contributed by atoms with E-state index in [-0.39, 0.29) is 35.9 Å². The maximum atomic E-state index is 13.4. The second-order valence-electron chi connectivity index (χ2n) is 8.14. The molecular weight excluding hydrogens is 386 g/mol. The maximum absolute atomic E-state index is 13.4. The minimum atomic E-state index is -3.90. The predicted molar refractivity (Wildman–Crippen MR) is 102 cm³/mol. The molecule has 0 aromatic heterocycles. The molecule has 1 saturated carbocycles. The number of benzene rings is 1. The normalized spacial score (nSPS) is 27.5. The minimum absolute atomic E-state index is 0.00387. The van der Waals surface area contributed by atoms with Gasteiger partial charge in [-0.1, -0.05) is 26.7 Å². The highest BCUT2D eigenvalue weighted by Gasteiger charge is 2.34. The molecule has 0 spiro atoms. The van der Waals surface area contributed by atoms with Gasteiger partial charge >= 0.3 is 0 Å². The second-order valence-corrected chi connectivity index (χ2v) is 10.1. The quantitative estimate of drug-likeness (QED) is 0.822. The van der Waals surface area contributed by atoms with Crippen molar-refractivity contribution in [2.75, 3.05) is 13.1 Å². The van der Waals surface area contributed by atoms with Crippen LogP contribution in [0.3, 0.4) is 0 Å². The molecule has 1 heterocycles. The van der Waals surface area contributed by atoms with Crippen molar-refractivity contribution in [2.24, 2.45) is 17.8 Å². The molecule has 1 saturated heterocycles. The largest absolute Gasteiger partial charge is 0.353 e. The summed E-state index contributed by atoms with van der Waals surface area (Å²) in [5, 5.41) is 3.17. The monoisotopic (exact) mass is 414 g/mol. The number of hydrogen-bond acceptors (Lipinski definition) is 3. The zero-order valence-electron chi connectivity index (χ0n) is 16.3. The molecule has 1 amide bonds. The number of halogens is 2. The van der Waals surface area contributed by atoms with Crippen molar-refractivity contribution >= 4 is 15.9 Å². The molecule has 1 aromatic carbocycles. The summed E-state index contributed by atoms with van der Waals surface area (Å²) >= 11 is 0. The van der Waals surface area contributed by atoms with Crippen molar-refractivity contribution in [1.82, 2.24) is 9.62 Å². The standard InChI is InChI=1S/C20H28F2N2O3S/c1-13-4-3-5-19(14(13)2)23-20(25)15-8-10-24(11-9-15)28(26,27)16-6-7-17(21)18(22)12-16/h6-7,12-15,19H,3-5,8-11H2,1-2H3,(H,23,25)/t13-,14+,19-/m1/s1. The van der Waals surface area contributed by atoms with E-state index in [1.165, 1.54) is 10.7 Å². The van der Waals surface area contributed by atoms with E-state index in [2.05, 4.69) is 19.2 Å². The number of nitrogens with one attached hydrogen (secondary N) is 1. The molecule has 1 aromatic rings. The summed E-state index contributed by atoms with van der Waals surface area (Å²) in [4.78, 5) is 12.4. The third-order valence-electron chi connectivity index (χ3n) is 6.39. The number of rotatable bonds is 4. The van der Waals surface area contributed by atoms with Crippen molar-refractivity contribution in [3.63, 3.8) is 0 Å². The molecule has 3 atom stereocenters. The lowest BCUT2D eigenvalue weighted by atomic mass is 9.78. The number of piperidine rings is 1. The maximum Gasteiger partial charge on any atom is 0.243 e. The first-order chi connectivity index (χ1) is 13.2. The van der Waals surface area contributed by atoms with Gasteiger partial charge in [0.05, 0.1) is 4.90 Å². The molecule has 0 radical (unpaired) electrons. The molecule has 0 unspecified atom stereocenters. The molecule has 0 bridgehead atoms. The summed E-state index contributed by atoms with van der Waals surface area (Å²) in [7, 11) is -3.90. The molecule has 3 rings (SSSR count). The Morgan fingerprint density at radius 2 is 1.75 bits per heavy atom. The van der Waals surface area contributed by atoms with E-state index < -0.39 is 21.7 Å². The lowest BCUT2D eigenvalue weighted by molar-refractivity contribution is -0.127. The molecule has 1 N–H and O–H groups in total. The Morgan fingerprint density at radius 1 is 1.07 bits per heavy atom. The van der Waals surface area contributed by atoms with Gasteiger partial charge in [-0.2, -0.15) is 4.31 Å². The van der Waals surface area contributed by atoms with Crippen LogP contribution < -0.4 is 5.32 Å². The Hall–Kier alpha value is -1.54. The van der Waals surface area contributed by atoms with Gasteiger partial charge < -0.3 is 5.32 Å². The Bertz CT molecular complexity index is 823. The fourth-order valence-corrected chi connectivity index (χ4v) is 5.71. The van der Waals surface area contributed by atoms with Crippen LogP contribution in [0, 0.1) is 29.4 Å². The van der Waals surface area contributed by atoms with E-state index in [4.69, 9.17) is 0 Å². The summed E-state index contributed by atoms with van der Waals surface area (Å²) < 4.78 is 53.1. The van der Waals surface area contributed by atoms with Gasteiger partial charge in [-0.3, -0.25) is 4.79 Å². The van der Waals surface area contributed by atoms with E-state index in [0.29, 0.717) is 30.7 Å². The SMILES string of the molecule is C[C@H]1[C@H](C)CCC[C@H]1NC(=O)C1CCN(S(=O)(=O)c2ccc(F)c(F)c2)CC1. The third kappa shape index (κ3) is 4.38. The average Bonchev–Trinajstić information content (AvgIpc) is 2.67. The van der Waals surface area contributed by atoms with Crippen molar-refractivity contribution in [1.29, 1.82) is 0 Å². The summed E-state index contributed by atoms with van der Waals surface area (Å²) in [5.74, 6) is -1.47. The van der Waals surface area contributed by atoms with E-state index in [0.717, 1.165) is 25.0 Å². The van der Waals surface area contributed by atoms with Gasteiger partial charge in [-0.05, 0) is 49.3 Å². The first-order valence-corrected chi connectivity index (χ1v) is 11.4. The topological polar surface area (TPSA) is 66.5 Å². The van der Waals surface area contributed by atoms with E-state index in [1.54, 1.807) is 0 Å². The summed E-state index contributed by atoms with van der Waals surface area (Å²) in [6.45, 7) is 4.77. The van der Waals surface area contributed by atoms with Crippen LogP contribution in [0.15, 0.2) is 23.1 Å². The van der Waals surface area contributed by atoms with Gasteiger partial charge in [-0.25, -0.2) is 17.2 Å². The Morgan fingerprint density at radius 3 is 2.39 bits per heavy atom. The minimum Gasteiger partial charge on any atom is -0.353 e. The van der Waals surface area contributed by atoms with E-state index in [1.807, 2.05) is 0 Å². The molecule has 8 heteroatoms. The van der Waals surface area contributed by atoms with Gasteiger partial charge in [-0.15, -0.1) is 0 Å². The van der Waals surface area contributed by atoms with Crippen molar-refractivity contribution in [2.45, 2.75) is 56.9 Å². The number of amides is 1. The van der Waals surface area contributed by atoms with Gasteiger partial charge in [0.2, 0.25) is 15.9 Å². The Balaban J connectivity index is 1.59. The number of nitrogens with zero attached hydrogens (tertiary/aromatic N) is 1. The Kier molecular flexibility index (Phi) is 6.39. The molecule has 28 heavy (non-hydrogen) atoms. The van der Waals surface area contributed by atoms with E-state index in [9.17, 15) is 22.0 Å². The number of sulfonamides is 1. The fourth-order valence-electron chi connectivity index (χ4n) is 4.23. The highest BCUT2D eigenvalue weighted by Crippen LogP contribution is 2.30. The second kappa shape index (κ2) is 8.45. The zero-order valence-corrected chi connectivity index (χ0v) is 17.1. The van der Waals surface area contributed by atoms with Crippen LogP contribution in [-0.4, -0.2) is 37.8 Å². The van der Waals surface area contributed by atoms with Gasteiger partial charge in [0, 0.05) is 25.0 Å². The molecule has 2 aliphatic rings. The molecule has 2 fully saturated rings. The summed E-state index contributed by atoms with van der Waals surface area (Å²) in [6.07, 6.45) is 4.13. The number of carbonyl (C=O) groups excluding carboxylic acids is 1. The number of carbonyl (C=O) groups is 1. The molecule has 5 nitrogen and oxygen atoms in total. The summed E-state index contributed by atoms with van der Waals surface area (Å²) in [6, 6.07) is 2.77. The smallest absolute Gasteiger partial charge is 0.243 e. The molecule has 1 aliphatic carbocycles. The van der Waals surface area contributed by atoms with Gasteiger partial charge in [0.15, 0.2) is 11.6 Å². The van der Waals surface area contributed by atoms with Gasteiger partial charge in [0.1, 0.15) is 0 Å². The molecular formula is C20H28F2N2O3S. The zero-order chi connectivity index (χ0) is 20.5. The lowest BCUT2D eigenvalue weighted by Gasteiger charge is -2.36. The van der Waals surface area contributed by atoms with Crippen LogP contribution in [0.1, 0.15) is 46.0 Å². The van der Waals surface area contributed by atoms with Crippen LogP contribution in [0.4, 0.5) is 8.78 Å². The van der Waals surface area contributed by atoms with Crippen LogP contribution in [0.5, 0.6) is 0 Å². The van der Waals surface area contributed by atoms with Crippen molar-refractivity contribution in [3.8, 4) is 0 Å². The fraction of sp³-hybridized carbons (Fsp3) is 0.650. The first kappa shape index (κ1) is 21.2. The molecule has 156 valence electrons. The first-order valence-electron chi connectivity index (χ1n) is 9.95.